The summed E-state index contributed by atoms with van der Waals surface area (Å²) in [5.74, 6) is 0.0551. The van der Waals surface area contributed by atoms with Gasteiger partial charge in [0.05, 0.1) is 26.5 Å². The van der Waals surface area contributed by atoms with E-state index in [9.17, 15) is 18.0 Å². The van der Waals surface area contributed by atoms with Crippen molar-refractivity contribution in [3.63, 3.8) is 0 Å². The SMILES string of the molecule is C[C@@H](CC(=O)Nc1ccccc1Cl)S(=O)(=O)c1ccc2c(c1)NC(=O)CCS2. The molecule has 0 aromatic heterocycles. The summed E-state index contributed by atoms with van der Waals surface area (Å²) >= 11 is 7.51. The zero-order valence-corrected chi connectivity index (χ0v) is 17.5. The quantitative estimate of drug-likeness (QED) is 0.736. The van der Waals surface area contributed by atoms with Gasteiger partial charge in [0.1, 0.15) is 0 Å². The molecule has 6 nitrogen and oxygen atoms in total. The number of amides is 2. The molecule has 1 aliphatic heterocycles. The Balaban J connectivity index is 1.76. The van der Waals surface area contributed by atoms with Crippen molar-refractivity contribution in [3.05, 3.63) is 47.5 Å². The molecule has 0 aliphatic carbocycles. The summed E-state index contributed by atoms with van der Waals surface area (Å²) in [6.45, 7) is 1.49. The van der Waals surface area contributed by atoms with Gasteiger partial charge < -0.3 is 10.6 Å². The Morgan fingerprint density at radius 3 is 2.79 bits per heavy atom. The van der Waals surface area contributed by atoms with Gasteiger partial charge in [-0.05, 0) is 37.3 Å². The smallest absolute Gasteiger partial charge is 0.225 e. The zero-order chi connectivity index (χ0) is 20.3. The van der Waals surface area contributed by atoms with E-state index < -0.39 is 21.0 Å². The molecule has 2 N–H and O–H groups in total. The first kappa shape index (κ1) is 20.7. The molecule has 9 heteroatoms. The number of fused-ring (bicyclic) bond motifs is 1. The van der Waals surface area contributed by atoms with Gasteiger partial charge in [0.15, 0.2) is 9.84 Å². The molecule has 0 fully saturated rings. The van der Waals surface area contributed by atoms with Crippen molar-refractivity contribution in [2.45, 2.75) is 34.8 Å². The van der Waals surface area contributed by atoms with Crippen molar-refractivity contribution in [3.8, 4) is 0 Å². The summed E-state index contributed by atoms with van der Waals surface area (Å²) < 4.78 is 25.8. The van der Waals surface area contributed by atoms with E-state index in [1.165, 1.54) is 30.8 Å². The van der Waals surface area contributed by atoms with Crippen molar-refractivity contribution < 1.29 is 18.0 Å². The van der Waals surface area contributed by atoms with Gasteiger partial charge in [-0.1, -0.05) is 23.7 Å². The molecule has 28 heavy (non-hydrogen) atoms. The topological polar surface area (TPSA) is 92.3 Å². The summed E-state index contributed by atoms with van der Waals surface area (Å²) in [6.07, 6.45) is 0.159. The first-order valence-corrected chi connectivity index (χ1v) is 11.5. The molecule has 148 valence electrons. The number of anilines is 2. The van der Waals surface area contributed by atoms with E-state index in [0.29, 0.717) is 28.6 Å². The summed E-state index contributed by atoms with van der Waals surface area (Å²) in [5, 5.41) is 4.81. The number of thioether (sulfide) groups is 1. The fraction of sp³-hybridized carbons (Fsp3) is 0.263. The predicted molar refractivity (Wildman–Crippen MR) is 112 cm³/mol. The Kier molecular flexibility index (Phi) is 6.32. The van der Waals surface area contributed by atoms with Gasteiger partial charge in [-0.2, -0.15) is 0 Å². The van der Waals surface area contributed by atoms with Crippen LogP contribution >= 0.6 is 23.4 Å². The second-order valence-electron chi connectivity index (χ2n) is 6.39. The summed E-state index contributed by atoms with van der Waals surface area (Å²) in [7, 11) is -3.75. The van der Waals surface area contributed by atoms with Crippen molar-refractivity contribution in [2.24, 2.45) is 0 Å². The third-order valence-corrected chi connectivity index (χ3v) is 7.83. The summed E-state index contributed by atoms with van der Waals surface area (Å²) in [6, 6.07) is 11.4. The van der Waals surface area contributed by atoms with Crippen molar-refractivity contribution >= 4 is 56.4 Å². The maximum Gasteiger partial charge on any atom is 0.225 e. The number of para-hydroxylation sites is 1. The third-order valence-electron chi connectivity index (χ3n) is 4.29. The minimum atomic E-state index is -3.75. The summed E-state index contributed by atoms with van der Waals surface area (Å²) in [5.41, 5.74) is 0.921. The number of hydrogen-bond donors (Lipinski definition) is 2. The van der Waals surface area contributed by atoms with E-state index in [4.69, 9.17) is 11.6 Å². The van der Waals surface area contributed by atoms with Crippen LogP contribution in [0.1, 0.15) is 19.8 Å². The number of benzene rings is 2. The first-order valence-electron chi connectivity index (χ1n) is 8.62. The number of halogens is 1. The minimum absolute atomic E-state index is 0.0760. The van der Waals surface area contributed by atoms with Gasteiger partial charge in [-0.25, -0.2) is 8.42 Å². The monoisotopic (exact) mass is 438 g/mol. The van der Waals surface area contributed by atoms with E-state index in [-0.39, 0.29) is 17.2 Å². The van der Waals surface area contributed by atoms with E-state index in [1.54, 1.807) is 30.3 Å². The minimum Gasteiger partial charge on any atom is -0.325 e. The Hall–Kier alpha value is -2.03. The average molecular weight is 439 g/mol. The van der Waals surface area contributed by atoms with Crippen LogP contribution in [0.15, 0.2) is 52.3 Å². The molecule has 3 rings (SSSR count). The van der Waals surface area contributed by atoms with Crippen molar-refractivity contribution in [1.29, 1.82) is 0 Å². The number of nitrogens with one attached hydrogen (secondary N) is 2. The van der Waals surface area contributed by atoms with Crippen LogP contribution < -0.4 is 10.6 Å². The van der Waals surface area contributed by atoms with Gasteiger partial charge in [-0.3, -0.25) is 9.59 Å². The van der Waals surface area contributed by atoms with Gasteiger partial charge in [0.2, 0.25) is 11.8 Å². The maximum absolute atomic E-state index is 12.9. The molecule has 2 aromatic rings. The van der Waals surface area contributed by atoms with E-state index in [2.05, 4.69) is 10.6 Å². The van der Waals surface area contributed by atoms with Crippen LogP contribution in [0.4, 0.5) is 11.4 Å². The standard InChI is InChI=1S/C19H19ClN2O4S2/c1-12(10-19(24)21-15-5-3-2-4-14(15)20)28(25,26)13-6-7-17-16(11-13)22-18(23)8-9-27-17/h2-7,11-12H,8-10H2,1H3,(H,21,24)(H,22,23)/t12-/m0/s1. The lowest BCUT2D eigenvalue weighted by atomic mass is 10.3. The largest absolute Gasteiger partial charge is 0.325 e. The molecule has 0 saturated carbocycles. The average Bonchev–Trinajstić information content (AvgIpc) is 2.83. The normalized spacial score (nSPS) is 15.1. The van der Waals surface area contributed by atoms with Crippen LogP contribution in [0, 0.1) is 0 Å². The highest BCUT2D eigenvalue weighted by molar-refractivity contribution is 7.99. The molecular weight excluding hydrogens is 420 g/mol. The third kappa shape index (κ3) is 4.68. The molecule has 0 unspecified atom stereocenters. The zero-order valence-electron chi connectivity index (χ0n) is 15.1. The molecule has 0 radical (unpaired) electrons. The summed E-state index contributed by atoms with van der Waals surface area (Å²) in [4.78, 5) is 24.9. The number of sulfone groups is 1. The Morgan fingerprint density at radius 1 is 1.29 bits per heavy atom. The van der Waals surface area contributed by atoms with Crippen LogP contribution in [0.2, 0.25) is 5.02 Å². The van der Waals surface area contributed by atoms with Gasteiger partial charge in [0, 0.05) is 23.5 Å². The van der Waals surface area contributed by atoms with Crippen molar-refractivity contribution in [1.82, 2.24) is 0 Å². The predicted octanol–water partition coefficient (Wildman–Crippen LogP) is 3.97. The van der Waals surface area contributed by atoms with Gasteiger partial charge >= 0.3 is 0 Å². The molecule has 1 heterocycles. The molecule has 1 aliphatic rings. The highest BCUT2D eigenvalue weighted by Gasteiger charge is 2.27. The molecule has 0 saturated heterocycles. The van der Waals surface area contributed by atoms with E-state index >= 15 is 0 Å². The Labute approximate surface area is 173 Å². The second-order valence-corrected chi connectivity index (χ2v) is 10.3. The van der Waals surface area contributed by atoms with E-state index in [1.807, 2.05) is 0 Å². The molecule has 0 bridgehead atoms. The molecule has 0 spiro atoms. The molecule has 2 aromatic carbocycles. The lowest BCUT2D eigenvalue weighted by Gasteiger charge is -2.15. The first-order chi connectivity index (χ1) is 13.3. The lowest BCUT2D eigenvalue weighted by molar-refractivity contribution is -0.116. The van der Waals surface area contributed by atoms with Gasteiger partial charge in [0.25, 0.3) is 0 Å². The number of hydrogen-bond acceptors (Lipinski definition) is 5. The Bertz CT molecular complexity index is 1020. The van der Waals surface area contributed by atoms with Crippen LogP contribution in [-0.4, -0.2) is 31.2 Å². The number of rotatable bonds is 5. The van der Waals surface area contributed by atoms with Crippen LogP contribution in [0.25, 0.3) is 0 Å². The van der Waals surface area contributed by atoms with Crippen molar-refractivity contribution in [2.75, 3.05) is 16.4 Å². The number of carbonyl (C=O) groups is 2. The Morgan fingerprint density at radius 2 is 2.04 bits per heavy atom. The molecule has 2 amide bonds. The second kappa shape index (κ2) is 8.55. The van der Waals surface area contributed by atoms with Crippen LogP contribution in [0.3, 0.4) is 0 Å². The van der Waals surface area contributed by atoms with Crippen LogP contribution in [-0.2, 0) is 19.4 Å². The fourth-order valence-electron chi connectivity index (χ4n) is 2.74. The molecular formula is C19H19ClN2O4S2. The van der Waals surface area contributed by atoms with Crippen LogP contribution in [0.5, 0.6) is 0 Å². The van der Waals surface area contributed by atoms with E-state index in [0.717, 1.165) is 4.90 Å². The fourth-order valence-corrected chi connectivity index (χ4v) is 5.24. The molecule has 1 atom stereocenters. The lowest BCUT2D eigenvalue weighted by Crippen LogP contribution is -2.25. The van der Waals surface area contributed by atoms with Gasteiger partial charge in [-0.15, -0.1) is 11.8 Å². The highest BCUT2D eigenvalue weighted by atomic mass is 35.5. The maximum atomic E-state index is 12.9. The number of carbonyl (C=O) groups excluding carboxylic acids is 2. The highest BCUT2D eigenvalue weighted by Crippen LogP contribution is 2.33.